The van der Waals surface area contributed by atoms with E-state index >= 15 is 0 Å². The summed E-state index contributed by atoms with van der Waals surface area (Å²) in [6, 6.07) is 9.71. The molecule has 1 aromatic carbocycles. The lowest BCUT2D eigenvalue weighted by Crippen LogP contribution is -2.24. The largest absolute Gasteiger partial charge is 0.364 e. The fourth-order valence-corrected chi connectivity index (χ4v) is 1.63. The maximum absolute atomic E-state index is 13.4. The molecule has 2 aromatic rings. The summed E-state index contributed by atoms with van der Waals surface area (Å²) >= 11 is 0. The van der Waals surface area contributed by atoms with Crippen LogP contribution in [0.3, 0.4) is 0 Å². The Morgan fingerprint density at radius 2 is 2.00 bits per heavy atom. The third-order valence-corrected chi connectivity index (χ3v) is 2.65. The van der Waals surface area contributed by atoms with Gasteiger partial charge in [-0.05, 0) is 25.1 Å². The second kappa shape index (κ2) is 6.60. The van der Waals surface area contributed by atoms with Crippen molar-refractivity contribution in [1.82, 2.24) is 15.5 Å². The molecule has 5 nitrogen and oxygen atoms in total. The number of halogens is 1. The number of hydrogen-bond donors (Lipinski definition) is 2. The lowest BCUT2D eigenvalue weighted by atomic mass is 10.2. The maximum atomic E-state index is 13.4. The van der Waals surface area contributed by atoms with E-state index in [0.717, 1.165) is 0 Å². The number of hydrogen-bond acceptors (Lipinski definition) is 4. The average Bonchev–Trinajstić information content (AvgIpc) is 2.47. The third kappa shape index (κ3) is 3.50. The molecule has 0 radical (unpaired) electrons. The van der Waals surface area contributed by atoms with Gasteiger partial charge in [0.2, 0.25) is 0 Å². The highest BCUT2D eigenvalue weighted by Gasteiger charge is 2.07. The minimum absolute atomic E-state index is 0.253. The zero-order valence-corrected chi connectivity index (χ0v) is 11.1. The Balaban J connectivity index is 1.98. The van der Waals surface area contributed by atoms with E-state index in [9.17, 15) is 9.18 Å². The summed E-state index contributed by atoms with van der Waals surface area (Å²) in [6.07, 6.45) is 0. The first-order chi connectivity index (χ1) is 9.70. The van der Waals surface area contributed by atoms with Gasteiger partial charge in [0.15, 0.2) is 5.69 Å². The summed E-state index contributed by atoms with van der Waals surface area (Å²) in [5, 5.41) is 13.3. The number of carbonyl (C=O) groups is 1. The van der Waals surface area contributed by atoms with E-state index in [1.165, 1.54) is 6.07 Å². The molecule has 0 saturated carbocycles. The third-order valence-electron chi connectivity index (χ3n) is 2.65. The predicted molar refractivity (Wildman–Crippen MR) is 73.8 cm³/mol. The highest BCUT2D eigenvalue weighted by atomic mass is 19.1. The number of rotatable bonds is 5. The number of amides is 1. The number of benzene rings is 1. The van der Waals surface area contributed by atoms with Crippen molar-refractivity contribution >= 4 is 11.7 Å². The molecule has 0 fully saturated rings. The first-order valence-corrected chi connectivity index (χ1v) is 6.30. The Morgan fingerprint density at radius 1 is 1.20 bits per heavy atom. The second-order valence-corrected chi connectivity index (χ2v) is 4.11. The predicted octanol–water partition coefficient (Wildman–Crippen LogP) is 1.98. The second-order valence-electron chi connectivity index (χ2n) is 4.11. The molecule has 1 heterocycles. The van der Waals surface area contributed by atoms with Crippen LogP contribution in [0.25, 0.3) is 0 Å². The van der Waals surface area contributed by atoms with Crippen molar-refractivity contribution in [2.45, 2.75) is 13.5 Å². The van der Waals surface area contributed by atoms with Gasteiger partial charge in [-0.1, -0.05) is 18.2 Å². The van der Waals surface area contributed by atoms with E-state index in [1.807, 2.05) is 6.92 Å². The van der Waals surface area contributed by atoms with Crippen LogP contribution in [0.1, 0.15) is 23.0 Å². The summed E-state index contributed by atoms with van der Waals surface area (Å²) in [6.45, 7) is 2.67. The summed E-state index contributed by atoms with van der Waals surface area (Å²) in [7, 11) is 0. The Kier molecular flexibility index (Phi) is 4.60. The van der Waals surface area contributed by atoms with Crippen molar-refractivity contribution in [3.8, 4) is 0 Å². The highest BCUT2D eigenvalue weighted by Crippen LogP contribution is 2.09. The summed E-state index contributed by atoms with van der Waals surface area (Å²) in [4.78, 5) is 11.5. The van der Waals surface area contributed by atoms with Gasteiger partial charge in [0.1, 0.15) is 11.6 Å². The lowest BCUT2D eigenvalue weighted by molar-refractivity contribution is 0.0950. The molecular weight excluding hydrogens is 259 g/mol. The number of anilines is 1. The van der Waals surface area contributed by atoms with Gasteiger partial charge in [-0.3, -0.25) is 4.79 Å². The van der Waals surface area contributed by atoms with Gasteiger partial charge in [-0.15, -0.1) is 10.2 Å². The Morgan fingerprint density at radius 3 is 2.65 bits per heavy atom. The SMILES string of the molecule is CCNC(=O)c1ccc(NCc2ccccc2F)nn1. The van der Waals surface area contributed by atoms with Crippen LogP contribution in [0.2, 0.25) is 0 Å². The molecule has 2 rings (SSSR count). The van der Waals surface area contributed by atoms with Crippen LogP contribution < -0.4 is 10.6 Å². The zero-order chi connectivity index (χ0) is 14.4. The standard InChI is InChI=1S/C14H15FN4O/c1-2-16-14(20)12-7-8-13(19-18-12)17-9-10-5-3-4-6-11(10)15/h3-8H,2,9H2,1H3,(H,16,20)(H,17,19). The number of aromatic nitrogens is 2. The van der Waals surface area contributed by atoms with Crippen molar-refractivity contribution in [3.05, 3.63) is 53.5 Å². The average molecular weight is 274 g/mol. The minimum atomic E-state index is -0.271. The quantitative estimate of drug-likeness (QED) is 0.875. The topological polar surface area (TPSA) is 66.9 Å². The monoisotopic (exact) mass is 274 g/mol. The smallest absolute Gasteiger partial charge is 0.271 e. The minimum Gasteiger partial charge on any atom is -0.364 e. The lowest BCUT2D eigenvalue weighted by Gasteiger charge is -2.06. The number of nitrogens with zero attached hydrogens (tertiary/aromatic N) is 2. The van der Waals surface area contributed by atoms with Crippen molar-refractivity contribution in [1.29, 1.82) is 0 Å². The molecule has 1 amide bonds. The number of nitrogens with one attached hydrogen (secondary N) is 2. The van der Waals surface area contributed by atoms with Crippen LogP contribution in [-0.2, 0) is 6.54 Å². The molecule has 0 saturated heterocycles. The summed E-state index contributed by atoms with van der Waals surface area (Å²) in [5.41, 5.74) is 0.797. The first kappa shape index (κ1) is 13.9. The first-order valence-electron chi connectivity index (χ1n) is 6.30. The molecule has 1 aromatic heterocycles. The molecule has 0 unspecified atom stereocenters. The van der Waals surface area contributed by atoms with Gasteiger partial charge in [-0.2, -0.15) is 0 Å². The van der Waals surface area contributed by atoms with Gasteiger partial charge < -0.3 is 10.6 Å². The van der Waals surface area contributed by atoms with Crippen molar-refractivity contribution in [3.63, 3.8) is 0 Å². The maximum Gasteiger partial charge on any atom is 0.271 e. The molecule has 0 aliphatic rings. The fraction of sp³-hybridized carbons (Fsp3) is 0.214. The van der Waals surface area contributed by atoms with Crippen molar-refractivity contribution < 1.29 is 9.18 Å². The number of carbonyl (C=O) groups excluding carboxylic acids is 1. The molecule has 0 spiro atoms. The normalized spacial score (nSPS) is 10.1. The molecule has 0 bridgehead atoms. The molecular formula is C14H15FN4O. The van der Waals surface area contributed by atoms with Crippen LogP contribution in [0, 0.1) is 5.82 Å². The molecule has 0 aliphatic carbocycles. The van der Waals surface area contributed by atoms with Crippen LogP contribution in [-0.4, -0.2) is 22.6 Å². The van der Waals surface area contributed by atoms with Crippen LogP contribution in [0.15, 0.2) is 36.4 Å². The molecule has 2 N–H and O–H groups in total. The molecule has 0 aliphatic heterocycles. The van der Waals surface area contributed by atoms with Crippen LogP contribution >= 0.6 is 0 Å². The Labute approximate surface area is 116 Å². The van der Waals surface area contributed by atoms with E-state index in [4.69, 9.17) is 0 Å². The Bertz CT molecular complexity index is 586. The van der Waals surface area contributed by atoms with E-state index in [0.29, 0.717) is 24.5 Å². The van der Waals surface area contributed by atoms with E-state index in [1.54, 1.807) is 30.3 Å². The Hall–Kier alpha value is -2.50. The van der Waals surface area contributed by atoms with E-state index in [-0.39, 0.29) is 17.4 Å². The van der Waals surface area contributed by atoms with Gasteiger partial charge in [0.25, 0.3) is 5.91 Å². The van der Waals surface area contributed by atoms with Crippen LogP contribution in [0.5, 0.6) is 0 Å². The van der Waals surface area contributed by atoms with E-state index < -0.39 is 0 Å². The molecule has 20 heavy (non-hydrogen) atoms. The van der Waals surface area contributed by atoms with E-state index in [2.05, 4.69) is 20.8 Å². The van der Waals surface area contributed by atoms with Gasteiger partial charge in [0, 0.05) is 18.7 Å². The van der Waals surface area contributed by atoms with Gasteiger partial charge in [0.05, 0.1) is 0 Å². The van der Waals surface area contributed by atoms with Crippen LogP contribution in [0.4, 0.5) is 10.2 Å². The zero-order valence-electron chi connectivity index (χ0n) is 11.1. The molecule has 104 valence electrons. The molecule has 0 atom stereocenters. The van der Waals surface area contributed by atoms with Crippen molar-refractivity contribution in [2.75, 3.05) is 11.9 Å². The molecule has 6 heteroatoms. The van der Waals surface area contributed by atoms with Gasteiger partial charge >= 0.3 is 0 Å². The summed E-state index contributed by atoms with van der Waals surface area (Å²) < 4.78 is 13.4. The van der Waals surface area contributed by atoms with Gasteiger partial charge in [-0.25, -0.2) is 4.39 Å². The van der Waals surface area contributed by atoms with Crippen molar-refractivity contribution in [2.24, 2.45) is 0 Å². The highest BCUT2D eigenvalue weighted by molar-refractivity contribution is 5.92. The fourth-order valence-electron chi connectivity index (χ4n) is 1.63. The summed E-state index contributed by atoms with van der Waals surface area (Å²) in [5.74, 6) is -0.0474.